The molecule has 5 nitrogen and oxygen atoms in total. The van der Waals surface area contributed by atoms with E-state index in [0.29, 0.717) is 5.82 Å². The summed E-state index contributed by atoms with van der Waals surface area (Å²) in [5.41, 5.74) is 2.63. The van der Waals surface area contributed by atoms with E-state index in [1.807, 2.05) is 13.0 Å². The number of rotatable bonds is 1. The van der Waals surface area contributed by atoms with Gasteiger partial charge in [0.2, 0.25) is 0 Å². The second-order valence-corrected chi connectivity index (χ2v) is 4.46. The summed E-state index contributed by atoms with van der Waals surface area (Å²) >= 11 is 0. The molecule has 0 bridgehead atoms. The Hall–Kier alpha value is -2.17. The predicted molar refractivity (Wildman–Crippen MR) is 69.6 cm³/mol. The van der Waals surface area contributed by atoms with Gasteiger partial charge < -0.3 is 10.3 Å². The molecular weight excluding hydrogens is 228 g/mol. The third-order valence-electron chi connectivity index (χ3n) is 3.19. The number of aromatic amines is 1. The first-order chi connectivity index (χ1) is 8.75. The molecular formula is C13H14N4O. The Balaban J connectivity index is 2.17. The number of nitrogens with zero attached hydrogens (tertiary/aromatic N) is 2. The summed E-state index contributed by atoms with van der Waals surface area (Å²) in [5, 5.41) is 3.19. The highest BCUT2D eigenvalue weighted by Crippen LogP contribution is 2.21. The molecule has 92 valence electrons. The van der Waals surface area contributed by atoms with Gasteiger partial charge in [0.05, 0.1) is 5.56 Å². The Labute approximate surface area is 104 Å². The van der Waals surface area contributed by atoms with Crippen LogP contribution in [-0.4, -0.2) is 21.5 Å². The molecule has 0 atom stereocenters. The summed E-state index contributed by atoms with van der Waals surface area (Å²) in [4.78, 5) is 23.4. The number of aryl methyl sites for hydroxylation is 1. The van der Waals surface area contributed by atoms with Crippen molar-refractivity contribution in [3.05, 3.63) is 39.9 Å². The smallest absolute Gasteiger partial charge is 0.256 e. The lowest BCUT2D eigenvalue weighted by Gasteiger charge is -2.16. The van der Waals surface area contributed by atoms with Gasteiger partial charge in [0.25, 0.3) is 5.56 Å². The molecule has 0 saturated carbocycles. The zero-order valence-corrected chi connectivity index (χ0v) is 10.2. The standard InChI is InChI=1S/C13H14N4O/c1-8-7-14-6-4-9(8)12-16-11-10(13(18)17-12)3-2-5-15-11/h4,6-7H,2-3,5H2,1H3,(H2,15,16,17,18). The van der Waals surface area contributed by atoms with Gasteiger partial charge in [0.1, 0.15) is 11.6 Å². The molecule has 0 unspecified atom stereocenters. The van der Waals surface area contributed by atoms with Crippen molar-refractivity contribution in [3.8, 4) is 11.4 Å². The number of H-pyrrole nitrogens is 1. The number of anilines is 1. The van der Waals surface area contributed by atoms with Crippen LogP contribution in [0.2, 0.25) is 0 Å². The van der Waals surface area contributed by atoms with Crippen molar-refractivity contribution in [2.24, 2.45) is 0 Å². The molecule has 18 heavy (non-hydrogen) atoms. The zero-order valence-electron chi connectivity index (χ0n) is 10.2. The van der Waals surface area contributed by atoms with Crippen LogP contribution in [0.4, 0.5) is 5.82 Å². The first-order valence-electron chi connectivity index (χ1n) is 6.04. The largest absolute Gasteiger partial charge is 0.370 e. The molecule has 5 heteroatoms. The highest BCUT2D eigenvalue weighted by Gasteiger charge is 2.16. The lowest BCUT2D eigenvalue weighted by atomic mass is 10.1. The van der Waals surface area contributed by atoms with Crippen LogP contribution in [0.5, 0.6) is 0 Å². The van der Waals surface area contributed by atoms with Crippen molar-refractivity contribution in [1.29, 1.82) is 0 Å². The second-order valence-electron chi connectivity index (χ2n) is 4.46. The van der Waals surface area contributed by atoms with Crippen molar-refractivity contribution in [1.82, 2.24) is 15.0 Å². The third kappa shape index (κ3) is 1.77. The van der Waals surface area contributed by atoms with Crippen molar-refractivity contribution in [3.63, 3.8) is 0 Å². The summed E-state index contributed by atoms with van der Waals surface area (Å²) in [7, 11) is 0. The van der Waals surface area contributed by atoms with Crippen LogP contribution in [0.3, 0.4) is 0 Å². The second kappa shape index (κ2) is 4.25. The van der Waals surface area contributed by atoms with Gasteiger partial charge in [0.15, 0.2) is 0 Å². The minimum Gasteiger partial charge on any atom is -0.370 e. The van der Waals surface area contributed by atoms with Crippen LogP contribution in [0, 0.1) is 6.92 Å². The average Bonchev–Trinajstić information content (AvgIpc) is 2.39. The maximum absolute atomic E-state index is 12.0. The zero-order chi connectivity index (χ0) is 12.5. The summed E-state index contributed by atoms with van der Waals surface area (Å²) in [6.07, 6.45) is 5.24. The third-order valence-corrected chi connectivity index (χ3v) is 3.19. The maximum Gasteiger partial charge on any atom is 0.256 e. The molecule has 3 heterocycles. The van der Waals surface area contributed by atoms with Gasteiger partial charge in [-0.15, -0.1) is 0 Å². The van der Waals surface area contributed by atoms with E-state index in [1.165, 1.54) is 0 Å². The van der Waals surface area contributed by atoms with Crippen LogP contribution in [0.25, 0.3) is 11.4 Å². The van der Waals surface area contributed by atoms with E-state index < -0.39 is 0 Å². The molecule has 0 aliphatic carbocycles. The first kappa shape index (κ1) is 11.0. The molecule has 1 aliphatic rings. The Kier molecular flexibility index (Phi) is 2.59. The number of nitrogens with one attached hydrogen (secondary N) is 2. The fourth-order valence-electron chi connectivity index (χ4n) is 2.21. The molecule has 0 radical (unpaired) electrons. The van der Waals surface area contributed by atoms with Gasteiger partial charge in [-0.3, -0.25) is 9.78 Å². The molecule has 0 fully saturated rings. The fourth-order valence-corrected chi connectivity index (χ4v) is 2.21. The van der Waals surface area contributed by atoms with Crippen LogP contribution >= 0.6 is 0 Å². The summed E-state index contributed by atoms with van der Waals surface area (Å²) in [5.74, 6) is 1.32. The van der Waals surface area contributed by atoms with Crippen molar-refractivity contribution < 1.29 is 0 Å². The normalized spacial score (nSPS) is 13.8. The number of pyridine rings is 1. The maximum atomic E-state index is 12.0. The van der Waals surface area contributed by atoms with Gasteiger partial charge >= 0.3 is 0 Å². The van der Waals surface area contributed by atoms with Crippen LogP contribution in [-0.2, 0) is 6.42 Å². The molecule has 3 rings (SSSR count). The summed E-state index contributed by atoms with van der Waals surface area (Å²) in [6, 6.07) is 1.86. The van der Waals surface area contributed by atoms with E-state index >= 15 is 0 Å². The Morgan fingerprint density at radius 1 is 1.39 bits per heavy atom. The lowest BCUT2D eigenvalue weighted by molar-refractivity contribution is 0.800. The monoisotopic (exact) mass is 242 g/mol. The summed E-state index contributed by atoms with van der Waals surface area (Å²) in [6.45, 7) is 2.83. The lowest BCUT2D eigenvalue weighted by Crippen LogP contribution is -2.24. The Bertz CT molecular complexity index is 648. The van der Waals surface area contributed by atoms with Gasteiger partial charge in [-0.1, -0.05) is 0 Å². The SMILES string of the molecule is Cc1cnccc1-c1nc2c(c(=O)[nH]1)CCCN2. The number of fused-ring (bicyclic) bond motifs is 1. The minimum atomic E-state index is -0.0431. The molecule has 1 aliphatic heterocycles. The summed E-state index contributed by atoms with van der Waals surface area (Å²) < 4.78 is 0. The van der Waals surface area contributed by atoms with Crippen LogP contribution in [0.15, 0.2) is 23.3 Å². The highest BCUT2D eigenvalue weighted by molar-refractivity contribution is 5.61. The van der Waals surface area contributed by atoms with Crippen molar-refractivity contribution >= 4 is 5.82 Å². The Morgan fingerprint density at radius 2 is 2.28 bits per heavy atom. The quantitative estimate of drug-likeness (QED) is 0.795. The molecule has 2 N–H and O–H groups in total. The van der Waals surface area contributed by atoms with E-state index in [9.17, 15) is 4.79 Å². The van der Waals surface area contributed by atoms with E-state index in [2.05, 4.69) is 20.3 Å². The van der Waals surface area contributed by atoms with Gasteiger partial charge in [-0.05, 0) is 31.4 Å². The molecule has 2 aromatic heterocycles. The topological polar surface area (TPSA) is 70.7 Å². The van der Waals surface area contributed by atoms with E-state index in [1.54, 1.807) is 12.4 Å². The number of hydrogen-bond acceptors (Lipinski definition) is 4. The van der Waals surface area contributed by atoms with E-state index in [4.69, 9.17) is 0 Å². The predicted octanol–water partition coefficient (Wildman–Crippen LogP) is 1.50. The minimum absolute atomic E-state index is 0.0431. The Morgan fingerprint density at radius 3 is 3.11 bits per heavy atom. The van der Waals surface area contributed by atoms with E-state index in [-0.39, 0.29) is 5.56 Å². The highest BCUT2D eigenvalue weighted by atomic mass is 16.1. The van der Waals surface area contributed by atoms with Gasteiger partial charge in [0, 0.05) is 24.5 Å². The number of hydrogen-bond donors (Lipinski definition) is 2. The van der Waals surface area contributed by atoms with Crippen LogP contribution in [0.1, 0.15) is 17.5 Å². The molecule has 0 aromatic carbocycles. The van der Waals surface area contributed by atoms with E-state index in [0.717, 1.165) is 41.9 Å². The number of aromatic nitrogens is 3. The molecule has 2 aromatic rings. The molecule has 0 saturated heterocycles. The average molecular weight is 242 g/mol. The van der Waals surface area contributed by atoms with Crippen LogP contribution < -0.4 is 10.9 Å². The molecule has 0 amide bonds. The molecule has 0 spiro atoms. The van der Waals surface area contributed by atoms with Gasteiger partial charge in [-0.25, -0.2) is 4.98 Å². The van der Waals surface area contributed by atoms with Crippen molar-refractivity contribution in [2.45, 2.75) is 19.8 Å². The van der Waals surface area contributed by atoms with Crippen molar-refractivity contribution in [2.75, 3.05) is 11.9 Å². The first-order valence-corrected chi connectivity index (χ1v) is 6.04. The van der Waals surface area contributed by atoms with Gasteiger partial charge in [-0.2, -0.15) is 0 Å². The fraction of sp³-hybridized carbons (Fsp3) is 0.308.